The Bertz CT molecular complexity index is 1100. The minimum Gasteiger partial charge on any atom is -1.00 e. The van der Waals surface area contributed by atoms with Crippen LogP contribution in [0.1, 0.15) is 11.1 Å². The van der Waals surface area contributed by atoms with Gasteiger partial charge in [0.1, 0.15) is 12.4 Å². The van der Waals surface area contributed by atoms with Gasteiger partial charge in [0.05, 0.1) is 11.4 Å². The number of imidazole rings is 1. The summed E-state index contributed by atoms with van der Waals surface area (Å²) in [5, 5.41) is 22.0. The number of hydroxylamine groups is 2. The first-order valence-corrected chi connectivity index (χ1v) is 10.0. The zero-order chi connectivity index (χ0) is 22.7. The van der Waals surface area contributed by atoms with Gasteiger partial charge in [-0.1, -0.05) is 40.9 Å². The van der Waals surface area contributed by atoms with Crippen LogP contribution in [-0.2, 0) is 22.7 Å². The molecule has 8 nitrogen and oxygen atoms in total. The summed E-state index contributed by atoms with van der Waals surface area (Å²) in [6.07, 6.45) is 4.67. The van der Waals surface area contributed by atoms with Crippen molar-refractivity contribution >= 4 is 46.4 Å². The number of nitrogens with zero attached hydrogens (tertiary/aromatic N) is 4. The van der Waals surface area contributed by atoms with E-state index < -0.39 is 11.8 Å². The molecule has 0 aliphatic heterocycles. The smallest absolute Gasteiger partial charge is 0.292 e. The highest BCUT2D eigenvalue weighted by molar-refractivity contribution is 6.36. The fraction of sp³-hybridized carbons (Fsp3) is 0.190. The number of benzene rings is 2. The Labute approximate surface area is 201 Å². The Morgan fingerprint density at radius 2 is 1.53 bits per heavy atom. The topological polar surface area (TPSA) is 89.9 Å². The molecule has 0 bridgehead atoms. The average molecular weight is 500 g/mol. The second kappa shape index (κ2) is 10.8. The summed E-state index contributed by atoms with van der Waals surface area (Å²) in [5.41, 5.74) is 2.16. The van der Waals surface area contributed by atoms with Gasteiger partial charge in [0.15, 0.2) is 13.1 Å². The fourth-order valence-electron chi connectivity index (χ4n) is 2.80. The standard InChI is InChI=1S/C21H21Cl2N4O4.ClH/c1-14-3-5-16(6-4-14)26(30)20(28)11-24-7-8-25(13-24)12-21(29)27(31)17-9-18(22)15(2)19(23)10-17;/h3-10,13,30-31H,11-12H2,1-2H3;1H/q+1;/p-1. The summed E-state index contributed by atoms with van der Waals surface area (Å²) < 4.78 is 3.00. The molecule has 0 aliphatic rings. The van der Waals surface area contributed by atoms with Crippen LogP contribution in [0.15, 0.2) is 55.1 Å². The first-order valence-electron chi connectivity index (χ1n) is 9.26. The molecule has 32 heavy (non-hydrogen) atoms. The number of aryl methyl sites for hydroxylation is 1. The van der Waals surface area contributed by atoms with Gasteiger partial charge in [-0.05, 0) is 43.7 Å². The number of hydrogen-bond donors (Lipinski definition) is 2. The molecule has 3 rings (SSSR count). The Kier molecular flexibility index (Phi) is 8.65. The van der Waals surface area contributed by atoms with Crippen molar-refractivity contribution in [2.24, 2.45) is 0 Å². The summed E-state index contributed by atoms with van der Waals surface area (Å²) >= 11 is 12.1. The van der Waals surface area contributed by atoms with Crippen LogP contribution in [-0.4, -0.2) is 26.8 Å². The highest BCUT2D eigenvalue weighted by Gasteiger charge is 2.21. The number of halogens is 3. The predicted molar refractivity (Wildman–Crippen MR) is 116 cm³/mol. The summed E-state index contributed by atoms with van der Waals surface area (Å²) in [6, 6.07) is 9.74. The van der Waals surface area contributed by atoms with Crippen molar-refractivity contribution in [2.45, 2.75) is 26.9 Å². The van der Waals surface area contributed by atoms with E-state index >= 15 is 0 Å². The van der Waals surface area contributed by atoms with Gasteiger partial charge in [0.2, 0.25) is 6.33 Å². The van der Waals surface area contributed by atoms with Crippen molar-refractivity contribution in [3.63, 3.8) is 0 Å². The second-order valence-electron chi connectivity index (χ2n) is 7.04. The summed E-state index contributed by atoms with van der Waals surface area (Å²) in [7, 11) is 0. The molecule has 0 aliphatic carbocycles. The van der Waals surface area contributed by atoms with Crippen LogP contribution < -0.4 is 27.1 Å². The number of amides is 2. The van der Waals surface area contributed by atoms with Gasteiger partial charge < -0.3 is 12.4 Å². The van der Waals surface area contributed by atoms with E-state index in [9.17, 15) is 20.0 Å². The lowest BCUT2D eigenvalue weighted by molar-refractivity contribution is -0.683. The lowest BCUT2D eigenvalue weighted by atomic mass is 10.2. The first-order chi connectivity index (χ1) is 14.7. The monoisotopic (exact) mass is 498 g/mol. The Balaban J connectivity index is 0.00000363. The van der Waals surface area contributed by atoms with E-state index in [0.29, 0.717) is 31.4 Å². The molecular formula is C21H21Cl3N4O4. The third kappa shape index (κ3) is 5.99. The number of hydrogen-bond acceptors (Lipinski definition) is 4. The van der Waals surface area contributed by atoms with Crippen LogP contribution in [0.2, 0.25) is 10.0 Å². The van der Waals surface area contributed by atoms with Gasteiger partial charge in [0, 0.05) is 10.0 Å². The van der Waals surface area contributed by atoms with Crippen molar-refractivity contribution in [3.8, 4) is 0 Å². The Morgan fingerprint density at radius 3 is 2.12 bits per heavy atom. The summed E-state index contributed by atoms with van der Waals surface area (Å²) in [4.78, 5) is 24.7. The van der Waals surface area contributed by atoms with E-state index in [0.717, 1.165) is 5.56 Å². The lowest BCUT2D eigenvalue weighted by Crippen LogP contribution is -3.00. The molecule has 170 valence electrons. The molecule has 0 saturated heterocycles. The second-order valence-corrected chi connectivity index (χ2v) is 7.85. The summed E-state index contributed by atoms with van der Waals surface area (Å²) in [5.74, 6) is -1.18. The van der Waals surface area contributed by atoms with Crippen molar-refractivity contribution in [3.05, 3.63) is 76.3 Å². The normalized spacial score (nSPS) is 10.4. The molecule has 11 heteroatoms. The molecule has 0 fully saturated rings. The first kappa shape index (κ1) is 25.6. The van der Waals surface area contributed by atoms with Crippen LogP contribution in [0.3, 0.4) is 0 Å². The molecule has 0 spiro atoms. The van der Waals surface area contributed by atoms with Crippen molar-refractivity contribution in [1.29, 1.82) is 0 Å². The van der Waals surface area contributed by atoms with Crippen molar-refractivity contribution < 1.29 is 37.0 Å². The molecule has 0 radical (unpaired) electrons. The van der Waals surface area contributed by atoms with Gasteiger partial charge in [-0.3, -0.25) is 20.0 Å². The highest BCUT2D eigenvalue weighted by atomic mass is 35.5. The van der Waals surface area contributed by atoms with E-state index in [1.165, 1.54) is 27.6 Å². The zero-order valence-corrected chi connectivity index (χ0v) is 19.5. The Hall–Kier alpha value is -2.62. The molecule has 2 amide bonds. The number of rotatable bonds is 6. The third-order valence-corrected chi connectivity index (χ3v) is 5.43. The van der Waals surface area contributed by atoms with E-state index in [-0.39, 0.29) is 31.2 Å². The average Bonchev–Trinajstić information content (AvgIpc) is 3.17. The van der Waals surface area contributed by atoms with E-state index in [4.69, 9.17) is 23.2 Å². The molecule has 0 atom stereocenters. The van der Waals surface area contributed by atoms with Gasteiger partial charge in [-0.25, -0.2) is 9.13 Å². The maximum atomic E-state index is 12.4. The number of carbonyl (C=O) groups excluding carboxylic acids is 2. The quantitative estimate of drug-likeness (QED) is 0.294. The molecule has 1 aromatic heterocycles. The lowest BCUT2D eigenvalue weighted by Gasteiger charge is -2.15. The minimum absolute atomic E-state index is 0. The van der Waals surface area contributed by atoms with Gasteiger partial charge >= 0.3 is 0 Å². The van der Waals surface area contributed by atoms with Gasteiger partial charge in [0.25, 0.3) is 11.8 Å². The molecule has 1 heterocycles. The summed E-state index contributed by atoms with van der Waals surface area (Å²) in [6.45, 7) is 3.30. The molecule has 2 N–H and O–H groups in total. The van der Waals surface area contributed by atoms with E-state index in [1.54, 1.807) is 43.6 Å². The third-order valence-electron chi connectivity index (χ3n) is 4.64. The largest absolute Gasteiger partial charge is 1.00 e. The van der Waals surface area contributed by atoms with Crippen molar-refractivity contribution in [1.82, 2.24) is 4.57 Å². The van der Waals surface area contributed by atoms with E-state index in [1.807, 2.05) is 6.92 Å². The number of aromatic nitrogens is 2. The van der Waals surface area contributed by atoms with Crippen LogP contribution >= 0.6 is 23.2 Å². The molecule has 0 saturated carbocycles. The maximum absolute atomic E-state index is 12.4. The van der Waals surface area contributed by atoms with Crippen LogP contribution in [0.25, 0.3) is 0 Å². The molecule has 3 aromatic rings. The van der Waals surface area contributed by atoms with Crippen LogP contribution in [0.5, 0.6) is 0 Å². The van der Waals surface area contributed by atoms with Crippen LogP contribution in [0.4, 0.5) is 11.4 Å². The molecule has 0 unspecified atom stereocenters. The van der Waals surface area contributed by atoms with Crippen molar-refractivity contribution in [2.75, 3.05) is 10.1 Å². The zero-order valence-electron chi connectivity index (χ0n) is 17.2. The van der Waals surface area contributed by atoms with Gasteiger partial charge in [-0.2, -0.15) is 10.1 Å². The molecular weight excluding hydrogens is 479 g/mol. The van der Waals surface area contributed by atoms with Gasteiger partial charge in [-0.15, -0.1) is 0 Å². The predicted octanol–water partition coefficient (Wildman–Crippen LogP) is 0.548. The van der Waals surface area contributed by atoms with Crippen LogP contribution in [0, 0.1) is 13.8 Å². The fourth-order valence-corrected chi connectivity index (χ4v) is 3.28. The molecule has 2 aromatic carbocycles. The minimum atomic E-state index is -0.631. The van der Waals surface area contributed by atoms with E-state index in [2.05, 4.69) is 0 Å². The number of anilines is 2. The highest BCUT2D eigenvalue weighted by Crippen LogP contribution is 2.29. The maximum Gasteiger partial charge on any atom is 0.292 e. The Morgan fingerprint density at radius 1 is 0.969 bits per heavy atom. The number of carbonyl (C=O) groups is 2. The SMILES string of the molecule is Cc1ccc(N(O)C(=O)C[n+]2ccn(CC(=O)N(O)c3cc(Cl)c(C)c(Cl)c3)c2)cc1.[Cl-].